The molecule has 8 heteroatoms. The number of carboxylic acid groups (broad SMARTS) is 1. The lowest BCUT2D eigenvalue weighted by atomic mass is 9.98. The van der Waals surface area contributed by atoms with Crippen LogP contribution in [0.15, 0.2) is 66.7 Å². The molecule has 6 rings (SSSR count). The minimum Gasteiger partial charge on any atom is -0.493 e. The molecule has 1 aliphatic heterocycles. The maximum absolute atomic E-state index is 12.8. The van der Waals surface area contributed by atoms with E-state index in [2.05, 4.69) is 17.2 Å². The van der Waals surface area contributed by atoms with E-state index in [-0.39, 0.29) is 5.69 Å². The van der Waals surface area contributed by atoms with E-state index in [0.29, 0.717) is 44.2 Å². The smallest absolute Gasteiger partial charge is 0.352 e. The van der Waals surface area contributed by atoms with E-state index in [0.717, 1.165) is 55.5 Å². The molecule has 40 heavy (non-hydrogen) atoms. The van der Waals surface area contributed by atoms with Gasteiger partial charge in [0.25, 0.3) is 0 Å². The van der Waals surface area contributed by atoms with Gasteiger partial charge in [-0.3, -0.25) is 4.68 Å². The van der Waals surface area contributed by atoms with Crippen LogP contribution in [0.4, 0.5) is 0 Å². The molecule has 1 aliphatic rings. The van der Waals surface area contributed by atoms with E-state index in [4.69, 9.17) is 21.1 Å². The third-order valence-corrected chi connectivity index (χ3v) is 7.87. The first-order chi connectivity index (χ1) is 19.5. The predicted octanol–water partition coefficient (Wildman–Crippen LogP) is 6.95. The van der Waals surface area contributed by atoms with Gasteiger partial charge in [0.2, 0.25) is 0 Å². The number of nitrogens with zero attached hydrogens (tertiary/aromatic N) is 3. The van der Waals surface area contributed by atoms with Crippen molar-refractivity contribution in [1.29, 1.82) is 0 Å². The van der Waals surface area contributed by atoms with Gasteiger partial charge >= 0.3 is 5.97 Å². The second-order valence-electron chi connectivity index (χ2n) is 10.0. The lowest BCUT2D eigenvalue weighted by Gasteiger charge is -2.13. The molecule has 2 aromatic heterocycles. The molecule has 0 amide bonds. The van der Waals surface area contributed by atoms with Gasteiger partial charge in [0.05, 0.1) is 41.7 Å². The van der Waals surface area contributed by atoms with Crippen molar-refractivity contribution in [1.82, 2.24) is 14.3 Å². The highest BCUT2D eigenvalue weighted by atomic mass is 35.5. The Morgan fingerprint density at radius 3 is 2.75 bits per heavy atom. The van der Waals surface area contributed by atoms with Crippen LogP contribution in [0, 0.1) is 6.92 Å². The third kappa shape index (κ3) is 4.55. The Balaban J connectivity index is 1.43. The quantitative estimate of drug-likeness (QED) is 0.181. The van der Waals surface area contributed by atoms with Crippen LogP contribution in [-0.2, 0) is 31.4 Å². The fourth-order valence-electron chi connectivity index (χ4n) is 5.83. The highest BCUT2D eigenvalue weighted by Crippen LogP contribution is 2.42. The van der Waals surface area contributed by atoms with E-state index in [1.807, 2.05) is 77.8 Å². The van der Waals surface area contributed by atoms with Crippen molar-refractivity contribution in [3.8, 4) is 16.9 Å². The largest absolute Gasteiger partial charge is 0.493 e. The summed E-state index contributed by atoms with van der Waals surface area (Å²) in [7, 11) is 1.89. The number of carbonyl (C=O) groups is 1. The maximum atomic E-state index is 12.8. The Morgan fingerprint density at radius 2 is 1.90 bits per heavy atom. The molecule has 0 unspecified atom stereocenters. The number of aromatic carboxylic acids is 1. The van der Waals surface area contributed by atoms with Gasteiger partial charge in [-0.15, -0.1) is 0 Å². The summed E-state index contributed by atoms with van der Waals surface area (Å²) in [6.45, 7) is 3.58. The second-order valence-corrected chi connectivity index (χ2v) is 10.4. The molecule has 5 aromatic rings. The number of rotatable bonds is 6. The highest BCUT2D eigenvalue weighted by Gasteiger charge is 2.28. The average molecular weight is 556 g/mol. The zero-order chi connectivity index (χ0) is 27.8. The first kappa shape index (κ1) is 26.2. The number of aryl methyl sites for hydroxylation is 3. The monoisotopic (exact) mass is 555 g/mol. The summed E-state index contributed by atoms with van der Waals surface area (Å²) in [6.07, 6.45) is 5.07. The predicted molar refractivity (Wildman–Crippen MR) is 157 cm³/mol. The molecule has 0 aliphatic carbocycles. The average Bonchev–Trinajstić information content (AvgIpc) is 3.39. The second kappa shape index (κ2) is 10.8. The molecule has 0 atom stereocenters. The highest BCUT2D eigenvalue weighted by molar-refractivity contribution is 6.35. The van der Waals surface area contributed by atoms with Gasteiger partial charge in [0.1, 0.15) is 11.4 Å². The fraction of sp³-hybridized carbons (Fsp3) is 0.250. The van der Waals surface area contributed by atoms with E-state index < -0.39 is 5.97 Å². The van der Waals surface area contributed by atoms with Crippen molar-refractivity contribution < 1.29 is 19.4 Å². The van der Waals surface area contributed by atoms with Crippen LogP contribution in [0.2, 0.25) is 5.02 Å². The first-order valence-corrected chi connectivity index (χ1v) is 13.8. The summed E-state index contributed by atoms with van der Waals surface area (Å²) in [4.78, 5) is 12.8. The SMILES string of the molecule is Cc1nn(C)c2c1-c1c(Cl)ccc3c(CCCOc4cccc5ccccc45)c(C(=O)O)n(c13)C/C=C\COC2. The number of hydrogen-bond donors (Lipinski definition) is 1. The zero-order valence-corrected chi connectivity index (χ0v) is 23.2. The van der Waals surface area contributed by atoms with Crippen molar-refractivity contribution in [2.45, 2.75) is 32.9 Å². The van der Waals surface area contributed by atoms with Crippen LogP contribution in [0.25, 0.3) is 32.8 Å². The zero-order valence-electron chi connectivity index (χ0n) is 22.5. The lowest BCUT2D eigenvalue weighted by Crippen LogP contribution is -2.11. The molecular formula is C32H30ClN3O4. The van der Waals surface area contributed by atoms with Gasteiger partial charge in [-0.1, -0.05) is 66.2 Å². The molecule has 3 heterocycles. The summed E-state index contributed by atoms with van der Waals surface area (Å²) in [5, 5.41) is 18.7. The number of halogens is 1. The van der Waals surface area contributed by atoms with Gasteiger partial charge < -0.3 is 19.1 Å². The first-order valence-electron chi connectivity index (χ1n) is 13.4. The Labute approximate surface area is 237 Å². The number of hydrogen-bond acceptors (Lipinski definition) is 4. The molecule has 1 N–H and O–H groups in total. The molecule has 3 aromatic carbocycles. The fourth-order valence-corrected chi connectivity index (χ4v) is 6.08. The number of ether oxygens (including phenoxy) is 2. The van der Waals surface area contributed by atoms with Crippen LogP contribution >= 0.6 is 11.6 Å². The van der Waals surface area contributed by atoms with E-state index in [9.17, 15) is 9.90 Å². The lowest BCUT2D eigenvalue weighted by molar-refractivity contribution is 0.0685. The van der Waals surface area contributed by atoms with Gasteiger partial charge in [0.15, 0.2) is 0 Å². The van der Waals surface area contributed by atoms with Crippen molar-refractivity contribution in [3.05, 3.63) is 94.4 Å². The molecule has 0 spiro atoms. The molecule has 0 saturated carbocycles. The Hall–Kier alpha value is -4.07. The van der Waals surface area contributed by atoms with Crippen LogP contribution in [0.5, 0.6) is 5.75 Å². The summed E-state index contributed by atoms with van der Waals surface area (Å²) in [5.74, 6) is -0.139. The molecule has 0 bridgehead atoms. The number of benzene rings is 3. The van der Waals surface area contributed by atoms with Gasteiger partial charge in [0, 0.05) is 35.5 Å². The van der Waals surface area contributed by atoms with Gasteiger partial charge in [-0.25, -0.2) is 4.79 Å². The number of aromatic nitrogens is 3. The summed E-state index contributed by atoms with van der Waals surface area (Å²) in [5.41, 5.74) is 5.26. The molecular weight excluding hydrogens is 526 g/mol. The Bertz CT molecular complexity index is 1780. The van der Waals surface area contributed by atoms with Crippen molar-refractivity contribution >= 4 is 39.2 Å². The number of allylic oxidation sites excluding steroid dienone is 1. The van der Waals surface area contributed by atoms with E-state index in [1.54, 1.807) is 0 Å². The number of carboxylic acids is 1. The van der Waals surface area contributed by atoms with Gasteiger partial charge in [-0.2, -0.15) is 5.10 Å². The topological polar surface area (TPSA) is 78.5 Å². The van der Waals surface area contributed by atoms with Gasteiger partial charge in [-0.05, 0) is 42.8 Å². The van der Waals surface area contributed by atoms with Crippen molar-refractivity contribution in [2.24, 2.45) is 7.05 Å². The molecule has 204 valence electrons. The molecule has 0 radical (unpaired) electrons. The maximum Gasteiger partial charge on any atom is 0.352 e. The Kier molecular flexibility index (Phi) is 7.09. The van der Waals surface area contributed by atoms with E-state index >= 15 is 0 Å². The van der Waals surface area contributed by atoms with Crippen molar-refractivity contribution in [3.63, 3.8) is 0 Å². The molecule has 7 nitrogen and oxygen atoms in total. The molecule has 0 saturated heterocycles. The third-order valence-electron chi connectivity index (χ3n) is 7.56. The van der Waals surface area contributed by atoms with Crippen LogP contribution in [-0.4, -0.2) is 38.6 Å². The normalized spacial score (nSPS) is 14.2. The summed E-state index contributed by atoms with van der Waals surface area (Å²) >= 11 is 6.89. The summed E-state index contributed by atoms with van der Waals surface area (Å²) in [6, 6.07) is 17.9. The minimum absolute atomic E-state index is 0.275. The number of fused-ring (bicyclic) bond motifs is 3. The summed E-state index contributed by atoms with van der Waals surface area (Å²) < 4.78 is 15.8. The van der Waals surface area contributed by atoms with Crippen LogP contribution in [0.3, 0.4) is 0 Å². The Morgan fingerprint density at radius 1 is 1.07 bits per heavy atom. The molecule has 0 fully saturated rings. The standard InChI is InChI=1S/C32H30ClN3O4/c1-20-28-26(35(2)34-20)19-39-17-6-5-16-36-30-24(14-15-25(33)29(28)30)23(31(36)32(37)38)12-8-18-40-27-13-7-10-21-9-3-4-11-22(21)27/h3-7,9-11,13-15H,8,12,16-19H2,1-2H3,(H,37,38)/b6-5-. The van der Waals surface area contributed by atoms with Crippen LogP contribution in [0.1, 0.15) is 33.9 Å². The van der Waals surface area contributed by atoms with Crippen molar-refractivity contribution in [2.75, 3.05) is 13.2 Å². The van der Waals surface area contributed by atoms with Crippen LogP contribution < -0.4 is 4.74 Å². The van der Waals surface area contributed by atoms with E-state index in [1.165, 1.54) is 0 Å². The minimum atomic E-state index is -0.967.